The molecular formula is C18H22O. The quantitative estimate of drug-likeness (QED) is 0.631. The fourth-order valence-corrected chi connectivity index (χ4v) is 3.42. The zero-order chi connectivity index (χ0) is 13.0. The molecule has 0 aromatic heterocycles. The summed E-state index contributed by atoms with van der Waals surface area (Å²) in [6, 6.07) is 10.3. The Kier molecular flexibility index (Phi) is 3.89. The molecule has 2 aliphatic rings. The predicted molar refractivity (Wildman–Crippen MR) is 77.8 cm³/mol. The molecule has 100 valence electrons. The van der Waals surface area contributed by atoms with Gasteiger partial charge in [0.15, 0.2) is 0 Å². The lowest BCUT2D eigenvalue weighted by Gasteiger charge is -2.42. The SMILES string of the molecule is C(#C[C@@H]1CCC[C@]2(CCCCO2)C1)c1ccccc1. The summed E-state index contributed by atoms with van der Waals surface area (Å²) in [5, 5.41) is 0. The minimum Gasteiger partial charge on any atom is -0.375 e. The molecule has 1 aromatic carbocycles. The molecule has 1 saturated heterocycles. The van der Waals surface area contributed by atoms with Gasteiger partial charge in [0.2, 0.25) is 0 Å². The summed E-state index contributed by atoms with van der Waals surface area (Å²) in [6.07, 6.45) is 8.72. The fourth-order valence-electron chi connectivity index (χ4n) is 3.42. The second-order valence-electron chi connectivity index (χ2n) is 5.92. The minimum absolute atomic E-state index is 0.173. The molecule has 1 heteroatoms. The van der Waals surface area contributed by atoms with E-state index in [2.05, 4.69) is 36.1 Å². The van der Waals surface area contributed by atoms with Crippen LogP contribution in [-0.4, -0.2) is 12.2 Å². The average molecular weight is 254 g/mol. The van der Waals surface area contributed by atoms with Crippen molar-refractivity contribution in [1.82, 2.24) is 0 Å². The van der Waals surface area contributed by atoms with Crippen molar-refractivity contribution in [1.29, 1.82) is 0 Å². The molecule has 1 aliphatic heterocycles. The van der Waals surface area contributed by atoms with Crippen LogP contribution in [0.2, 0.25) is 0 Å². The van der Waals surface area contributed by atoms with Gasteiger partial charge in [-0.15, -0.1) is 0 Å². The van der Waals surface area contributed by atoms with Gasteiger partial charge in [0.05, 0.1) is 5.60 Å². The number of rotatable bonds is 0. The second kappa shape index (κ2) is 5.80. The van der Waals surface area contributed by atoms with Crippen LogP contribution in [0.5, 0.6) is 0 Å². The van der Waals surface area contributed by atoms with E-state index in [9.17, 15) is 0 Å². The Morgan fingerprint density at radius 2 is 1.89 bits per heavy atom. The van der Waals surface area contributed by atoms with Gasteiger partial charge in [-0.2, -0.15) is 0 Å². The van der Waals surface area contributed by atoms with Crippen LogP contribution in [0.3, 0.4) is 0 Å². The van der Waals surface area contributed by atoms with Crippen LogP contribution in [0.4, 0.5) is 0 Å². The summed E-state index contributed by atoms with van der Waals surface area (Å²) in [7, 11) is 0. The molecule has 0 N–H and O–H groups in total. The molecule has 1 nitrogen and oxygen atoms in total. The molecule has 0 amide bonds. The summed E-state index contributed by atoms with van der Waals surface area (Å²) in [6.45, 7) is 0.957. The smallest absolute Gasteiger partial charge is 0.0694 e. The van der Waals surface area contributed by atoms with Gasteiger partial charge in [-0.1, -0.05) is 30.0 Å². The predicted octanol–water partition coefficient (Wildman–Crippen LogP) is 4.17. The number of benzene rings is 1. The Morgan fingerprint density at radius 1 is 1.05 bits per heavy atom. The Balaban J connectivity index is 1.67. The first-order chi connectivity index (χ1) is 9.36. The van der Waals surface area contributed by atoms with Gasteiger partial charge < -0.3 is 4.74 Å². The van der Waals surface area contributed by atoms with Gasteiger partial charge in [0, 0.05) is 18.1 Å². The molecule has 1 aliphatic carbocycles. The van der Waals surface area contributed by atoms with Gasteiger partial charge in [0.1, 0.15) is 0 Å². The van der Waals surface area contributed by atoms with E-state index in [4.69, 9.17) is 4.74 Å². The molecule has 2 atom stereocenters. The van der Waals surface area contributed by atoms with Crippen molar-refractivity contribution in [3.8, 4) is 11.8 Å². The molecule has 19 heavy (non-hydrogen) atoms. The van der Waals surface area contributed by atoms with Crippen molar-refractivity contribution in [3.05, 3.63) is 35.9 Å². The van der Waals surface area contributed by atoms with Gasteiger partial charge in [-0.3, -0.25) is 0 Å². The molecule has 0 bridgehead atoms. The maximum atomic E-state index is 6.12. The Bertz CT molecular complexity index is 454. The first-order valence-corrected chi connectivity index (χ1v) is 7.57. The lowest BCUT2D eigenvalue weighted by molar-refractivity contribution is -0.106. The minimum atomic E-state index is 0.173. The Morgan fingerprint density at radius 3 is 2.68 bits per heavy atom. The fraction of sp³-hybridized carbons (Fsp3) is 0.556. The van der Waals surface area contributed by atoms with E-state index in [0.29, 0.717) is 5.92 Å². The summed E-state index contributed by atoms with van der Waals surface area (Å²) in [5.74, 6) is 7.33. The molecule has 3 rings (SSSR count). The van der Waals surface area contributed by atoms with Crippen LogP contribution >= 0.6 is 0 Å². The standard InChI is InChI=1S/C18H22O/c1-2-7-16(8-3-1)10-11-17-9-6-13-18(15-17)12-4-5-14-19-18/h1-3,7-8,17H,4-6,9,12-15H2/t17-,18+/m0/s1. The van der Waals surface area contributed by atoms with Gasteiger partial charge in [0.25, 0.3) is 0 Å². The highest BCUT2D eigenvalue weighted by atomic mass is 16.5. The largest absolute Gasteiger partial charge is 0.375 e. The topological polar surface area (TPSA) is 9.23 Å². The molecular weight excluding hydrogens is 232 g/mol. The van der Waals surface area contributed by atoms with E-state index in [0.717, 1.165) is 18.6 Å². The van der Waals surface area contributed by atoms with Crippen molar-refractivity contribution in [2.75, 3.05) is 6.61 Å². The molecule has 2 fully saturated rings. The zero-order valence-electron chi connectivity index (χ0n) is 11.5. The van der Waals surface area contributed by atoms with Crippen LogP contribution in [-0.2, 0) is 4.74 Å². The molecule has 1 heterocycles. The molecule has 1 saturated carbocycles. The van der Waals surface area contributed by atoms with Gasteiger partial charge in [-0.25, -0.2) is 0 Å². The van der Waals surface area contributed by atoms with Crippen LogP contribution in [0.25, 0.3) is 0 Å². The number of hydrogen-bond donors (Lipinski definition) is 0. The van der Waals surface area contributed by atoms with Gasteiger partial charge in [-0.05, 0) is 57.1 Å². The lowest BCUT2D eigenvalue weighted by Crippen LogP contribution is -2.40. The van der Waals surface area contributed by atoms with Gasteiger partial charge >= 0.3 is 0 Å². The van der Waals surface area contributed by atoms with Crippen LogP contribution < -0.4 is 0 Å². The van der Waals surface area contributed by atoms with Crippen molar-refractivity contribution in [2.24, 2.45) is 5.92 Å². The van der Waals surface area contributed by atoms with E-state index in [1.54, 1.807) is 0 Å². The van der Waals surface area contributed by atoms with E-state index < -0.39 is 0 Å². The Labute approximate surface area is 116 Å². The van der Waals surface area contributed by atoms with Crippen LogP contribution in [0, 0.1) is 17.8 Å². The van der Waals surface area contributed by atoms with E-state index in [1.165, 1.54) is 38.5 Å². The summed E-state index contributed by atoms with van der Waals surface area (Å²) < 4.78 is 6.12. The zero-order valence-corrected chi connectivity index (χ0v) is 11.5. The maximum absolute atomic E-state index is 6.12. The Hall–Kier alpha value is -1.26. The normalized spacial score (nSPS) is 30.6. The maximum Gasteiger partial charge on any atom is 0.0694 e. The third-order valence-electron chi connectivity index (χ3n) is 4.43. The highest BCUT2D eigenvalue weighted by Crippen LogP contribution is 2.40. The van der Waals surface area contributed by atoms with E-state index >= 15 is 0 Å². The lowest BCUT2D eigenvalue weighted by atomic mass is 9.74. The number of ether oxygens (including phenoxy) is 1. The van der Waals surface area contributed by atoms with E-state index in [1.807, 2.05) is 6.07 Å². The highest BCUT2D eigenvalue weighted by molar-refractivity contribution is 5.34. The first-order valence-electron chi connectivity index (χ1n) is 7.57. The summed E-state index contributed by atoms with van der Waals surface area (Å²) in [4.78, 5) is 0. The third kappa shape index (κ3) is 3.19. The average Bonchev–Trinajstić information content (AvgIpc) is 2.47. The summed E-state index contributed by atoms with van der Waals surface area (Å²) >= 11 is 0. The van der Waals surface area contributed by atoms with Crippen LogP contribution in [0.15, 0.2) is 30.3 Å². The molecule has 0 radical (unpaired) electrons. The molecule has 1 spiro atoms. The van der Waals surface area contributed by atoms with Crippen molar-refractivity contribution >= 4 is 0 Å². The third-order valence-corrected chi connectivity index (χ3v) is 4.43. The van der Waals surface area contributed by atoms with Crippen molar-refractivity contribution in [2.45, 2.75) is 50.5 Å². The van der Waals surface area contributed by atoms with E-state index in [-0.39, 0.29) is 5.60 Å². The van der Waals surface area contributed by atoms with Crippen LogP contribution in [0.1, 0.15) is 50.5 Å². The molecule has 0 unspecified atom stereocenters. The molecule has 1 aromatic rings. The highest BCUT2D eigenvalue weighted by Gasteiger charge is 2.37. The first kappa shape index (κ1) is 12.8. The van der Waals surface area contributed by atoms with Crippen molar-refractivity contribution < 1.29 is 4.74 Å². The summed E-state index contributed by atoms with van der Waals surface area (Å²) in [5.41, 5.74) is 1.30. The van der Waals surface area contributed by atoms with Crippen molar-refractivity contribution in [3.63, 3.8) is 0 Å². The number of hydrogen-bond acceptors (Lipinski definition) is 1. The second-order valence-corrected chi connectivity index (χ2v) is 5.92. The monoisotopic (exact) mass is 254 g/mol.